The summed E-state index contributed by atoms with van der Waals surface area (Å²) in [6.07, 6.45) is 4.23. The van der Waals surface area contributed by atoms with E-state index in [-0.39, 0.29) is 5.91 Å². The van der Waals surface area contributed by atoms with Crippen molar-refractivity contribution < 1.29 is 4.79 Å². The zero-order valence-corrected chi connectivity index (χ0v) is 17.9. The fourth-order valence-electron chi connectivity index (χ4n) is 4.42. The topological polar surface area (TPSA) is 74.8 Å². The third-order valence-electron chi connectivity index (χ3n) is 6.35. The smallest absolute Gasteiger partial charge is 0.254 e. The zero-order valence-electron chi connectivity index (χ0n) is 17.1. The van der Waals surface area contributed by atoms with E-state index < -0.39 is 0 Å². The second-order valence-corrected chi connectivity index (χ2v) is 9.42. The molecule has 1 saturated carbocycles. The number of H-pyrrole nitrogens is 1. The number of thiophene rings is 1. The van der Waals surface area contributed by atoms with Gasteiger partial charge in [-0.1, -0.05) is 24.3 Å². The largest absolute Gasteiger partial charge is 0.339 e. The van der Waals surface area contributed by atoms with Gasteiger partial charge in [0.15, 0.2) is 5.82 Å². The van der Waals surface area contributed by atoms with Crippen LogP contribution in [0.1, 0.15) is 59.5 Å². The number of aromatic nitrogens is 4. The van der Waals surface area contributed by atoms with Gasteiger partial charge in [-0.2, -0.15) is 5.10 Å². The number of hydrogen-bond donors (Lipinski definition) is 1. The molecule has 0 spiro atoms. The number of aromatic amines is 1. The van der Waals surface area contributed by atoms with E-state index in [2.05, 4.69) is 16.3 Å². The summed E-state index contributed by atoms with van der Waals surface area (Å²) in [6.45, 7) is 1.46. The highest BCUT2D eigenvalue weighted by molar-refractivity contribution is 7.13. The molecule has 1 aromatic carbocycles. The molecule has 1 aliphatic heterocycles. The summed E-state index contributed by atoms with van der Waals surface area (Å²) in [5.74, 6) is 2.95. The highest BCUT2D eigenvalue weighted by atomic mass is 32.1. The lowest BCUT2D eigenvalue weighted by Crippen LogP contribution is -2.38. The lowest BCUT2D eigenvalue weighted by atomic mass is 9.95. The average Bonchev–Trinajstić information content (AvgIpc) is 3.31. The lowest BCUT2D eigenvalue weighted by molar-refractivity contribution is 0.0713. The molecule has 4 aromatic rings. The first-order chi connectivity index (χ1) is 15.3. The summed E-state index contributed by atoms with van der Waals surface area (Å²) in [4.78, 5) is 26.1. The minimum Gasteiger partial charge on any atom is -0.339 e. The fraction of sp³-hybridized carbons (Fsp3) is 0.333. The molecule has 3 aromatic heterocycles. The highest BCUT2D eigenvalue weighted by Gasteiger charge is 2.31. The predicted octanol–water partition coefficient (Wildman–Crippen LogP) is 4.98. The predicted molar refractivity (Wildman–Crippen MR) is 121 cm³/mol. The van der Waals surface area contributed by atoms with Crippen LogP contribution in [0.15, 0.2) is 47.8 Å². The number of hydrogen-bond acceptors (Lipinski definition) is 5. The number of piperidine rings is 1. The Balaban J connectivity index is 1.25. The minimum absolute atomic E-state index is 0.0890. The van der Waals surface area contributed by atoms with Crippen LogP contribution in [-0.2, 0) is 0 Å². The van der Waals surface area contributed by atoms with Crippen LogP contribution in [0.3, 0.4) is 0 Å². The summed E-state index contributed by atoms with van der Waals surface area (Å²) < 4.78 is 0. The molecule has 2 aliphatic rings. The normalized spacial score (nSPS) is 17.4. The van der Waals surface area contributed by atoms with E-state index in [0.717, 1.165) is 64.6 Å². The number of nitrogens with zero attached hydrogens (tertiary/aromatic N) is 4. The summed E-state index contributed by atoms with van der Waals surface area (Å²) in [7, 11) is 0. The van der Waals surface area contributed by atoms with Crippen LogP contribution in [0.25, 0.3) is 21.5 Å². The Labute approximate surface area is 184 Å². The monoisotopic (exact) mass is 429 g/mol. The molecule has 0 unspecified atom stereocenters. The minimum atomic E-state index is 0.0890. The van der Waals surface area contributed by atoms with Crippen molar-refractivity contribution in [3.05, 3.63) is 65.1 Å². The molecule has 7 heteroatoms. The molecule has 0 radical (unpaired) electrons. The molecule has 6 rings (SSSR count). The average molecular weight is 430 g/mol. The second-order valence-electron chi connectivity index (χ2n) is 8.47. The first-order valence-corrected chi connectivity index (χ1v) is 11.8. The molecule has 0 atom stereocenters. The van der Waals surface area contributed by atoms with Crippen LogP contribution >= 0.6 is 11.3 Å². The van der Waals surface area contributed by atoms with Gasteiger partial charge in [0, 0.05) is 30.3 Å². The Morgan fingerprint density at radius 3 is 2.61 bits per heavy atom. The SMILES string of the molecule is O=C(c1cc(-c2cccs2)nc2ccccc12)N1CCC(c2nc(C3CC3)n[nH]2)CC1. The third kappa shape index (κ3) is 3.53. The Morgan fingerprint density at radius 2 is 1.84 bits per heavy atom. The lowest BCUT2D eigenvalue weighted by Gasteiger charge is -2.31. The van der Waals surface area contributed by atoms with Crippen LogP contribution in [-0.4, -0.2) is 44.1 Å². The van der Waals surface area contributed by atoms with Gasteiger partial charge in [0.25, 0.3) is 5.91 Å². The Kier molecular flexibility index (Phi) is 4.56. The quantitative estimate of drug-likeness (QED) is 0.497. The van der Waals surface area contributed by atoms with Crippen LogP contribution in [0.4, 0.5) is 0 Å². The second kappa shape index (κ2) is 7.57. The first kappa shape index (κ1) is 18.7. The Bertz CT molecular complexity index is 1240. The van der Waals surface area contributed by atoms with Crippen LogP contribution in [0.5, 0.6) is 0 Å². The maximum atomic E-state index is 13.5. The van der Waals surface area contributed by atoms with Crippen molar-refractivity contribution in [1.29, 1.82) is 0 Å². The van der Waals surface area contributed by atoms with E-state index in [1.165, 1.54) is 12.8 Å². The number of carbonyl (C=O) groups excluding carboxylic acids is 1. The van der Waals surface area contributed by atoms with Gasteiger partial charge in [-0.15, -0.1) is 11.3 Å². The van der Waals surface area contributed by atoms with Crippen LogP contribution in [0, 0.1) is 0 Å². The Morgan fingerprint density at radius 1 is 1.00 bits per heavy atom. The molecular formula is C24H23N5OS. The Hall–Kier alpha value is -3.06. The fourth-order valence-corrected chi connectivity index (χ4v) is 5.11. The van der Waals surface area contributed by atoms with Gasteiger partial charge in [-0.25, -0.2) is 9.97 Å². The summed E-state index contributed by atoms with van der Waals surface area (Å²) in [5, 5.41) is 10.5. The van der Waals surface area contributed by atoms with Gasteiger partial charge in [0.1, 0.15) is 5.82 Å². The molecule has 31 heavy (non-hydrogen) atoms. The van der Waals surface area contributed by atoms with Gasteiger partial charge in [-0.3, -0.25) is 9.89 Å². The molecule has 6 nitrogen and oxygen atoms in total. The number of amides is 1. The van der Waals surface area contributed by atoms with Gasteiger partial charge in [0.2, 0.25) is 0 Å². The van der Waals surface area contributed by atoms with Gasteiger partial charge >= 0.3 is 0 Å². The van der Waals surface area contributed by atoms with Crippen LogP contribution in [0.2, 0.25) is 0 Å². The number of fused-ring (bicyclic) bond motifs is 1. The van der Waals surface area contributed by atoms with Crippen molar-refractivity contribution >= 4 is 28.1 Å². The van der Waals surface area contributed by atoms with E-state index in [1.807, 2.05) is 46.7 Å². The van der Waals surface area contributed by atoms with E-state index in [9.17, 15) is 4.79 Å². The molecule has 2 fully saturated rings. The van der Waals surface area contributed by atoms with Crippen molar-refractivity contribution in [3.8, 4) is 10.6 Å². The van der Waals surface area contributed by atoms with Crippen molar-refractivity contribution in [2.75, 3.05) is 13.1 Å². The third-order valence-corrected chi connectivity index (χ3v) is 7.24. The maximum Gasteiger partial charge on any atom is 0.254 e. The molecule has 1 amide bonds. The highest BCUT2D eigenvalue weighted by Crippen LogP contribution is 2.39. The molecule has 0 bridgehead atoms. The zero-order chi connectivity index (χ0) is 20.8. The number of rotatable bonds is 4. The molecule has 4 heterocycles. The first-order valence-electron chi connectivity index (χ1n) is 10.9. The van der Waals surface area contributed by atoms with E-state index in [4.69, 9.17) is 9.97 Å². The summed E-state index contributed by atoms with van der Waals surface area (Å²) in [5.41, 5.74) is 2.46. The van der Waals surface area contributed by atoms with Crippen molar-refractivity contribution in [3.63, 3.8) is 0 Å². The standard InChI is InChI=1S/C24H23N5OS/c30-24(29-11-9-16(10-12-29)23-26-22(27-28-23)15-7-8-15)18-14-20(21-6-3-13-31-21)25-19-5-2-1-4-17(18)19/h1-6,13-16H,7-12H2,(H,26,27,28). The maximum absolute atomic E-state index is 13.5. The van der Waals surface area contributed by atoms with E-state index in [1.54, 1.807) is 11.3 Å². The van der Waals surface area contributed by atoms with Crippen molar-refractivity contribution in [2.45, 2.75) is 37.5 Å². The number of nitrogens with one attached hydrogen (secondary N) is 1. The van der Waals surface area contributed by atoms with Crippen molar-refractivity contribution in [2.24, 2.45) is 0 Å². The van der Waals surface area contributed by atoms with Crippen molar-refractivity contribution in [1.82, 2.24) is 25.1 Å². The van der Waals surface area contributed by atoms with Crippen LogP contribution < -0.4 is 0 Å². The number of benzene rings is 1. The number of para-hydroxylation sites is 1. The summed E-state index contributed by atoms with van der Waals surface area (Å²) >= 11 is 1.64. The molecule has 1 N–H and O–H groups in total. The summed E-state index contributed by atoms with van der Waals surface area (Å²) in [6, 6.07) is 13.9. The number of likely N-dealkylation sites (tertiary alicyclic amines) is 1. The van der Waals surface area contributed by atoms with E-state index in [0.29, 0.717) is 11.8 Å². The van der Waals surface area contributed by atoms with Gasteiger partial charge < -0.3 is 4.90 Å². The molecular weight excluding hydrogens is 406 g/mol. The number of carbonyl (C=O) groups is 1. The molecule has 156 valence electrons. The van der Waals surface area contributed by atoms with E-state index >= 15 is 0 Å². The molecule has 1 aliphatic carbocycles. The van der Waals surface area contributed by atoms with Gasteiger partial charge in [-0.05, 0) is 49.3 Å². The number of pyridine rings is 1. The van der Waals surface area contributed by atoms with Gasteiger partial charge in [0.05, 0.1) is 21.7 Å². The molecule has 1 saturated heterocycles.